The Hall–Kier alpha value is -5.15. The number of hydrogen-bond acceptors (Lipinski definition) is 15. The summed E-state index contributed by atoms with van der Waals surface area (Å²) in [6, 6.07) is 12.6. The Labute approximate surface area is 472 Å². The molecule has 2 aliphatic rings. The number of likely N-dealkylation sites (tertiary alicyclic amines) is 1. The summed E-state index contributed by atoms with van der Waals surface area (Å²) in [6.07, 6.45) is 2.74. The molecule has 2 aromatic carbocycles. The molecule has 1 unspecified atom stereocenters. The number of amides is 6. The summed E-state index contributed by atoms with van der Waals surface area (Å²) in [7, 11) is 0. The van der Waals surface area contributed by atoms with Gasteiger partial charge in [-0.1, -0.05) is 49.4 Å². The molecular formula is C50H71GdN9O14S. The molecule has 0 aromatic heterocycles. The second kappa shape index (κ2) is 33.8. The SMILES string of the molecule is CSCC[C@H](NC(=O)Nc1ccc(CNC(=O)CN2CCN(CC(=O)O)CCN(CC(=O)O)CCN(CC(=O)O)CC2)cc1)C(=O)C[C@@H](Cc1ccccc1)C(=O)N[C@@H](CCCCN1C(=O)CC(C)C1=O)C(=O)O.[Gd]. The van der Waals surface area contributed by atoms with Gasteiger partial charge in [0.2, 0.25) is 23.6 Å². The third kappa shape index (κ3) is 24.2. The van der Waals surface area contributed by atoms with Gasteiger partial charge in [0.05, 0.1) is 32.2 Å². The number of carboxylic acids is 4. The predicted octanol–water partition coefficient (Wildman–Crippen LogP) is 0.974. The van der Waals surface area contributed by atoms with Crippen LogP contribution in [0.25, 0.3) is 0 Å². The van der Waals surface area contributed by atoms with Crippen molar-refractivity contribution in [3.8, 4) is 0 Å². The summed E-state index contributed by atoms with van der Waals surface area (Å²) in [5, 5.41) is 49.4. The zero-order valence-electron chi connectivity index (χ0n) is 42.4. The summed E-state index contributed by atoms with van der Waals surface area (Å²) in [6.45, 7) is 3.07. The molecular weight excluding hydrogens is 1140 g/mol. The Balaban J connectivity index is 0.0000148. The molecule has 75 heavy (non-hydrogen) atoms. The minimum atomic E-state index is -1.29. The zero-order valence-corrected chi connectivity index (χ0v) is 45.5. The maximum Gasteiger partial charge on any atom is 0.326 e. The monoisotopic (exact) mass is 1210 g/mol. The van der Waals surface area contributed by atoms with Gasteiger partial charge in [-0.15, -0.1) is 0 Å². The Morgan fingerprint density at radius 1 is 0.667 bits per heavy atom. The molecule has 2 saturated heterocycles. The molecule has 0 saturated carbocycles. The van der Waals surface area contributed by atoms with E-state index in [9.17, 15) is 68.4 Å². The van der Waals surface area contributed by atoms with Gasteiger partial charge in [0.25, 0.3) is 0 Å². The smallest absolute Gasteiger partial charge is 0.326 e. The molecule has 2 aliphatic heterocycles. The van der Waals surface area contributed by atoms with Gasteiger partial charge in [0, 0.05) is 136 Å². The average molecular weight is 1210 g/mol. The van der Waals surface area contributed by atoms with Crippen LogP contribution >= 0.6 is 11.8 Å². The molecule has 0 bridgehead atoms. The van der Waals surface area contributed by atoms with E-state index in [0.717, 1.165) is 5.56 Å². The molecule has 4 atom stereocenters. The fraction of sp³-hybridized carbons (Fsp3) is 0.560. The van der Waals surface area contributed by atoms with Gasteiger partial charge in [-0.05, 0) is 67.4 Å². The molecule has 2 fully saturated rings. The van der Waals surface area contributed by atoms with E-state index >= 15 is 0 Å². The van der Waals surface area contributed by atoms with Gasteiger partial charge in [0.1, 0.15) is 6.04 Å². The number of nitrogens with zero attached hydrogens (tertiary/aromatic N) is 5. The van der Waals surface area contributed by atoms with Gasteiger partial charge < -0.3 is 41.7 Å². The van der Waals surface area contributed by atoms with Crippen LogP contribution in [0.2, 0.25) is 0 Å². The van der Waals surface area contributed by atoms with Crippen molar-refractivity contribution in [3.05, 3.63) is 65.7 Å². The van der Waals surface area contributed by atoms with E-state index in [1.54, 1.807) is 76.2 Å². The van der Waals surface area contributed by atoms with Crippen molar-refractivity contribution >= 4 is 76.8 Å². The maximum absolute atomic E-state index is 14.0. The normalized spacial score (nSPS) is 17.5. The molecule has 6 amide bonds. The van der Waals surface area contributed by atoms with Gasteiger partial charge in [-0.25, -0.2) is 9.59 Å². The van der Waals surface area contributed by atoms with Gasteiger partial charge in [-0.2, -0.15) is 11.8 Å². The Morgan fingerprint density at radius 2 is 1.20 bits per heavy atom. The second-order valence-electron chi connectivity index (χ2n) is 18.6. The number of carboxylic acid groups (broad SMARTS) is 4. The van der Waals surface area contributed by atoms with Crippen molar-refractivity contribution in [2.24, 2.45) is 11.8 Å². The molecule has 4 rings (SSSR count). The third-order valence-corrected chi connectivity index (χ3v) is 13.4. The van der Waals surface area contributed by atoms with Crippen LogP contribution in [0.4, 0.5) is 10.5 Å². The summed E-state index contributed by atoms with van der Waals surface area (Å²) >= 11 is 1.46. The minimum Gasteiger partial charge on any atom is -0.480 e. The van der Waals surface area contributed by atoms with Gasteiger partial charge >= 0.3 is 29.9 Å². The molecule has 8 N–H and O–H groups in total. The molecule has 2 aromatic rings. The van der Waals surface area contributed by atoms with Crippen LogP contribution in [0.3, 0.4) is 0 Å². The second-order valence-corrected chi connectivity index (χ2v) is 19.6. The van der Waals surface area contributed by atoms with E-state index in [1.807, 2.05) is 11.2 Å². The predicted molar refractivity (Wildman–Crippen MR) is 273 cm³/mol. The number of benzene rings is 2. The number of rotatable bonds is 28. The first kappa shape index (κ1) is 64.1. The average Bonchev–Trinajstić information content (AvgIpc) is 3.59. The van der Waals surface area contributed by atoms with Crippen LogP contribution in [0.15, 0.2) is 54.6 Å². The number of nitrogens with one attached hydrogen (secondary N) is 4. The van der Waals surface area contributed by atoms with Crippen LogP contribution in [0, 0.1) is 51.8 Å². The first-order valence-electron chi connectivity index (χ1n) is 24.7. The molecule has 0 radical (unpaired) electrons. The molecule has 414 valence electrons. The standard InChI is InChI=1S/C50H71N9O14S.Gd/c1-34-26-43(62)59(48(34)70)16-7-6-10-40(49(71)72)53-47(69)37(27-35-8-4-3-5-9-35)28-41(60)39(15-25-74-2)54-50(73)52-38-13-11-36(12-14-38)29-51-42(61)30-55-17-19-56(31-44(63)64)21-23-58(33-46(67)68)24-22-57(20-18-55)32-45(65)66;/h3-5,8-9,11-14,34,37,39-40H,6-7,10,15-33H2,1-2H3,(H,51,61)(H,53,69)(H,63,64)(H,65,66)(H,67,68)(H,71,72)(H2,52,54,73);/t34?,37-,39+,40+;/m1./s1. The number of unbranched alkanes of at least 4 members (excludes halogenated alkanes) is 1. The summed E-state index contributed by atoms with van der Waals surface area (Å²) in [5.74, 6) is -7.26. The van der Waals surface area contributed by atoms with E-state index < -0.39 is 65.5 Å². The fourth-order valence-electron chi connectivity index (χ4n) is 8.62. The number of carbonyl (C=O) groups is 10. The number of imide groups is 1. The van der Waals surface area contributed by atoms with Crippen LogP contribution in [0.5, 0.6) is 0 Å². The summed E-state index contributed by atoms with van der Waals surface area (Å²) < 4.78 is 0. The molecule has 0 aliphatic carbocycles. The number of thioether (sulfide) groups is 1. The van der Waals surface area contributed by atoms with Crippen LogP contribution in [-0.4, -0.2) is 213 Å². The number of ketones is 1. The Bertz CT molecular complexity index is 2220. The van der Waals surface area contributed by atoms with E-state index in [-0.39, 0.29) is 181 Å². The van der Waals surface area contributed by atoms with Crippen molar-refractivity contribution in [3.63, 3.8) is 0 Å². The number of aliphatic carboxylic acids is 4. The fourth-order valence-corrected chi connectivity index (χ4v) is 9.09. The van der Waals surface area contributed by atoms with Crippen LogP contribution < -0.4 is 21.3 Å². The van der Waals surface area contributed by atoms with E-state index in [4.69, 9.17) is 0 Å². The van der Waals surface area contributed by atoms with Gasteiger partial charge in [0.15, 0.2) is 5.78 Å². The Kier molecular flexibility index (Phi) is 28.9. The van der Waals surface area contributed by atoms with Crippen molar-refractivity contribution in [1.82, 2.24) is 40.4 Å². The van der Waals surface area contributed by atoms with Gasteiger partial charge in [-0.3, -0.25) is 62.9 Å². The summed E-state index contributed by atoms with van der Waals surface area (Å²) in [5.41, 5.74) is 1.81. The number of Topliss-reactive ketones (excluding diaryl/α,β-unsaturated/α-hetero) is 1. The molecule has 23 nitrogen and oxygen atoms in total. The number of carbonyl (C=O) groups excluding carboxylic acids is 6. The number of hydrogen-bond donors (Lipinski definition) is 8. The van der Waals surface area contributed by atoms with Crippen LogP contribution in [-0.2, 0) is 56.1 Å². The first-order chi connectivity index (χ1) is 35.3. The number of urea groups is 1. The molecule has 0 spiro atoms. The summed E-state index contributed by atoms with van der Waals surface area (Å²) in [4.78, 5) is 134. The maximum atomic E-state index is 14.0. The third-order valence-electron chi connectivity index (χ3n) is 12.7. The largest absolute Gasteiger partial charge is 0.480 e. The molecule has 25 heteroatoms. The quantitative estimate of drug-likeness (QED) is 0.0435. The van der Waals surface area contributed by atoms with E-state index in [0.29, 0.717) is 29.8 Å². The Morgan fingerprint density at radius 3 is 1.68 bits per heavy atom. The van der Waals surface area contributed by atoms with Crippen molar-refractivity contribution < 1.29 is 108 Å². The number of anilines is 1. The van der Waals surface area contributed by atoms with Crippen molar-refractivity contribution in [2.75, 3.05) is 102 Å². The van der Waals surface area contributed by atoms with Crippen molar-refractivity contribution in [2.45, 2.75) is 70.5 Å². The zero-order chi connectivity index (χ0) is 54.2. The minimum absolute atomic E-state index is 0. The first-order valence-corrected chi connectivity index (χ1v) is 26.1. The topological polar surface area (TPSA) is 316 Å². The van der Waals surface area contributed by atoms with E-state index in [1.165, 1.54) is 16.7 Å². The van der Waals surface area contributed by atoms with Crippen molar-refractivity contribution in [1.29, 1.82) is 0 Å². The van der Waals surface area contributed by atoms with E-state index in [2.05, 4.69) is 21.3 Å². The molecule has 2 heterocycles. The van der Waals surface area contributed by atoms with Crippen LogP contribution in [0.1, 0.15) is 56.6 Å².